The largest absolute Gasteiger partial charge is 0.135 e. The second-order valence-electron chi connectivity index (χ2n) is 16.7. The molecule has 2 heteroatoms. The fourth-order valence-electron chi connectivity index (χ4n) is 10.7. The molecule has 12 aromatic rings. The molecule has 0 atom stereocenters. The molecule has 276 valence electrons. The number of hydrogen-bond acceptors (Lipinski definition) is 2. The zero-order valence-corrected chi connectivity index (χ0v) is 34.3. The molecule has 0 bridgehead atoms. The van der Waals surface area contributed by atoms with E-state index in [1.807, 2.05) is 22.7 Å². The van der Waals surface area contributed by atoms with Crippen LogP contribution in [0.15, 0.2) is 182 Å². The van der Waals surface area contributed by atoms with E-state index in [0.717, 1.165) is 0 Å². The monoisotopic (exact) mass is 784 g/mol. The molecule has 10 aromatic carbocycles. The first-order chi connectivity index (χ1) is 29.0. The van der Waals surface area contributed by atoms with Crippen LogP contribution in [0.25, 0.3) is 117 Å². The summed E-state index contributed by atoms with van der Waals surface area (Å²) in [5, 5.41) is 13.2. The Labute approximate surface area is 350 Å². The van der Waals surface area contributed by atoms with Crippen LogP contribution in [-0.4, -0.2) is 0 Å². The highest BCUT2D eigenvalue weighted by Crippen LogP contribution is 2.55. The Morgan fingerprint density at radius 1 is 0.322 bits per heavy atom. The smallest absolute Gasteiger partial charge is 0.0368 e. The Morgan fingerprint density at radius 3 is 1.58 bits per heavy atom. The third-order valence-electron chi connectivity index (χ3n) is 13.2. The topological polar surface area (TPSA) is 0 Å². The molecular weight excluding hydrogens is 749 g/mol. The van der Waals surface area contributed by atoms with Gasteiger partial charge < -0.3 is 0 Å². The summed E-state index contributed by atoms with van der Waals surface area (Å²) in [5.74, 6) is 0. The highest BCUT2D eigenvalue weighted by molar-refractivity contribution is 7.27. The SMILES string of the molecule is CC1(C)c2ccc(-c3c4ccccc4c(-c4ccccc4)c4ccccc34)cc2-c2cccc(-c3cc4sc5cc6c(cc5c4c4ccccc34)sc3ccccc36)c21. The number of hydrogen-bond donors (Lipinski definition) is 0. The summed E-state index contributed by atoms with van der Waals surface area (Å²) in [7, 11) is 0. The molecule has 0 unspecified atom stereocenters. The number of benzene rings is 10. The van der Waals surface area contributed by atoms with Crippen molar-refractivity contribution < 1.29 is 0 Å². The molecule has 0 nitrogen and oxygen atoms in total. The highest BCUT2D eigenvalue weighted by atomic mass is 32.1. The van der Waals surface area contributed by atoms with Crippen LogP contribution in [0.5, 0.6) is 0 Å². The second-order valence-corrected chi connectivity index (χ2v) is 18.9. The van der Waals surface area contributed by atoms with E-state index in [1.54, 1.807) is 0 Å². The lowest BCUT2D eigenvalue weighted by atomic mass is 9.78. The molecule has 2 aromatic heterocycles. The second kappa shape index (κ2) is 12.2. The van der Waals surface area contributed by atoms with E-state index in [0.29, 0.717) is 0 Å². The minimum atomic E-state index is -0.192. The lowest BCUT2D eigenvalue weighted by molar-refractivity contribution is 0.662. The summed E-state index contributed by atoms with van der Waals surface area (Å²) in [6.45, 7) is 4.86. The summed E-state index contributed by atoms with van der Waals surface area (Å²) in [5.41, 5.74) is 13.0. The van der Waals surface area contributed by atoms with Gasteiger partial charge in [-0.1, -0.05) is 166 Å². The van der Waals surface area contributed by atoms with Crippen LogP contribution in [-0.2, 0) is 5.41 Å². The van der Waals surface area contributed by atoms with Gasteiger partial charge in [-0.25, -0.2) is 0 Å². The van der Waals surface area contributed by atoms with Crippen molar-refractivity contribution in [1.29, 1.82) is 0 Å². The average molecular weight is 785 g/mol. The molecule has 1 aliphatic rings. The standard InChI is InChI=1S/C57H36S2/c1-57(2)48-28-27-34(54-40-22-10-8-20-38(40)53(33-15-4-3-5-16-33)39-21-9-11-23-41(39)54)29-45(48)43-25-14-24-42(56(43)57)44-30-52-55(37-19-7-6-17-35(37)44)47-32-50-46(31-51(47)59-52)36-18-12-13-26-49(36)58-50/h3-32H,1-2H3. The van der Waals surface area contributed by atoms with Crippen LogP contribution in [0.3, 0.4) is 0 Å². The summed E-state index contributed by atoms with van der Waals surface area (Å²) < 4.78 is 5.42. The molecule has 0 fully saturated rings. The van der Waals surface area contributed by atoms with Gasteiger partial charge in [-0.05, 0) is 118 Å². The van der Waals surface area contributed by atoms with Gasteiger partial charge in [-0.2, -0.15) is 0 Å². The van der Waals surface area contributed by atoms with Crippen LogP contribution in [0.1, 0.15) is 25.0 Å². The zero-order valence-electron chi connectivity index (χ0n) is 32.6. The van der Waals surface area contributed by atoms with Crippen LogP contribution in [0, 0.1) is 0 Å². The maximum Gasteiger partial charge on any atom is 0.0368 e. The van der Waals surface area contributed by atoms with Crippen molar-refractivity contribution in [3.63, 3.8) is 0 Å². The van der Waals surface area contributed by atoms with Crippen molar-refractivity contribution in [2.24, 2.45) is 0 Å². The predicted octanol–water partition coefficient (Wildman–Crippen LogP) is 17.2. The molecular formula is C57H36S2. The van der Waals surface area contributed by atoms with Gasteiger partial charge in [0.1, 0.15) is 0 Å². The van der Waals surface area contributed by atoms with Gasteiger partial charge in [0.15, 0.2) is 0 Å². The third-order valence-corrected chi connectivity index (χ3v) is 15.5. The van der Waals surface area contributed by atoms with Crippen LogP contribution in [0.4, 0.5) is 0 Å². The summed E-state index contributed by atoms with van der Waals surface area (Å²) >= 11 is 3.84. The fraction of sp³-hybridized carbons (Fsp3) is 0.0526. The van der Waals surface area contributed by atoms with Gasteiger partial charge in [0.05, 0.1) is 0 Å². The molecule has 0 N–H and O–H groups in total. The minimum absolute atomic E-state index is 0.192. The summed E-state index contributed by atoms with van der Waals surface area (Å²) in [6.07, 6.45) is 0. The molecule has 0 radical (unpaired) electrons. The molecule has 0 amide bonds. The van der Waals surface area contributed by atoms with Gasteiger partial charge in [-0.3, -0.25) is 0 Å². The van der Waals surface area contributed by atoms with Gasteiger partial charge in [0.2, 0.25) is 0 Å². The average Bonchev–Trinajstić information content (AvgIpc) is 3.91. The molecule has 0 aliphatic heterocycles. The molecule has 13 rings (SSSR count). The van der Waals surface area contributed by atoms with Crippen molar-refractivity contribution >= 4 is 95.3 Å². The van der Waals surface area contributed by atoms with E-state index in [4.69, 9.17) is 0 Å². The Bertz CT molecular complexity index is 3690. The number of fused-ring (bicyclic) bond motifs is 13. The van der Waals surface area contributed by atoms with Crippen molar-refractivity contribution in [1.82, 2.24) is 0 Å². The predicted molar refractivity (Wildman–Crippen MR) is 259 cm³/mol. The van der Waals surface area contributed by atoms with E-state index < -0.39 is 0 Å². The summed E-state index contributed by atoms with van der Waals surface area (Å²) in [6, 6.07) is 68.5. The Morgan fingerprint density at radius 2 is 0.864 bits per heavy atom. The lowest BCUT2D eigenvalue weighted by Crippen LogP contribution is -2.16. The molecule has 1 aliphatic carbocycles. The van der Waals surface area contributed by atoms with Crippen LogP contribution in [0.2, 0.25) is 0 Å². The van der Waals surface area contributed by atoms with Gasteiger partial charge in [0, 0.05) is 45.8 Å². The Balaban J connectivity index is 1.03. The van der Waals surface area contributed by atoms with Gasteiger partial charge in [-0.15, -0.1) is 22.7 Å². The van der Waals surface area contributed by atoms with Crippen LogP contribution < -0.4 is 0 Å². The van der Waals surface area contributed by atoms with E-state index in [1.165, 1.54) is 128 Å². The van der Waals surface area contributed by atoms with Crippen LogP contribution >= 0.6 is 22.7 Å². The Kier molecular flexibility index (Phi) is 6.92. The molecule has 59 heavy (non-hydrogen) atoms. The molecule has 0 spiro atoms. The zero-order chi connectivity index (χ0) is 39.0. The first-order valence-electron chi connectivity index (χ1n) is 20.5. The highest BCUT2D eigenvalue weighted by Gasteiger charge is 2.38. The third kappa shape index (κ3) is 4.65. The first kappa shape index (κ1) is 33.4. The van der Waals surface area contributed by atoms with Crippen molar-refractivity contribution in [3.8, 4) is 44.5 Å². The van der Waals surface area contributed by atoms with Crippen molar-refractivity contribution in [2.75, 3.05) is 0 Å². The van der Waals surface area contributed by atoms with E-state index >= 15 is 0 Å². The quantitative estimate of drug-likeness (QED) is 0.157. The van der Waals surface area contributed by atoms with Gasteiger partial charge >= 0.3 is 0 Å². The maximum atomic E-state index is 2.50. The van der Waals surface area contributed by atoms with Crippen molar-refractivity contribution in [3.05, 3.63) is 193 Å². The van der Waals surface area contributed by atoms with E-state index in [2.05, 4.69) is 196 Å². The molecule has 2 heterocycles. The molecule has 0 saturated carbocycles. The van der Waals surface area contributed by atoms with Gasteiger partial charge in [0.25, 0.3) is 0 Å². The van der Waals surface area contributed by atoms with E-state index in [-0.39, 0.29) is 5.41 Å². The Hall–Kier alpha value is -6.58. The minimum Gasteiger partial charge on any atom is -0.135 e. The first-order valence-corrected chi connectivity index (χ1v) is 22.1. The number of thiophene rings is 2. The van der Waals surface area contributed by atoms with Crippen molar-refractivity contribution in [2.45, 2.75) is 19.3 Å². The lowest BCUT2D eigenvalue weighted by Gasteiger charge is -2.25. The fourth-order valence-corrected chi connectivity index (χ4v) is 13.0. The number of rotatable bonds is 3. The van der Waals surface area contributed by atoms with E-state index in [9.17, 15) is 0 Å². The summed E-state index contributed by atoms with van der Waals surface area (Å²) in [4.78, 5) is 0. The maximum absolute atomic E-state index is 2.50. The molecule has 0 saturated heterocycles. The normalized spacial score (nSPS) is 13.4.